The number of carbonyl (C=O) groups is 3. The number of Topliss-reactive ketones (excluding diaryl/α,β-unsaturated/α-hetero) is 1. The minimum Gasteiger partial charge on any atom is -0.481 e. The predicted octanol–water partition coefficient (Wildman–Crippen LogP) is 6.29. The van der Waals surface area contributed by atoms with E-state index in [0.717, 1.165) is 0 Å². The average molecular weight is 568 g/mol. The van der Waals surface area contributed by atoms with Gasteiger partial charge in [0.15, 0.2) is 5.78 Å². The minimum atomic E-state index is -1.06. The molecule has 0 aliphatic carbocycles. The third-order valence-electron chi connectivity index (χ3n) is 6.34. The Labute approximate surface area is 236 Å². The summed E-state index contributed by atoms with van der Waals surface area (Å²) < 4.78 is 5.75. The summed E-state index contributed by atoms with van der Waals surface area (Å²) in [6.45, 7) is 2.36. The van der Waals surface area contributed by atoms with Crippen LogP contribution in [0.2, 0.25) is 10.0 Å². The van der Waals surface area contributed by atoms with Crippen molar-refractivity contribution in [3.8, 4) is 11.5 Å². The van der Waals surface area contributed by atoms with Crippen LogP contribution in [0.15, 0.2) is 77.8 Å². The van der Waals surface area contributed by atoms with Crippen molar-refractivity contribution in [1.82, 2.24) is 10.2 Å². The van der Waals surface area contributed by atoms with Crippen molar-refractivity contribution in [2.75, 3.05) is 19.6 Å². The molecule has 0 saturated heterocycles. The fraction of sp³-hybridized carbons (Fsp3) is 0.241. The fourth-order valence-corrected chi connectivity index (χ4v) is 4.77. The van der Waals surface area contributed by atoms with Crippen LogP contribution < -0.4 is 10.1 Å². The highest BCUT2D eigenvalue weighted by atomic mass is 35.5. The zero-order valence-electron chi connectivity index (χ0n) is 21.1. The summed E-state index contributed by atoms with van der Waals surface area (Å²) in [5.41, 5.74) is 1.42. The molecule has 2 unspecified atom stereocenters. The van der Waals surface area contributed by atoms with Gasteiger partial charge in [0.2, 0.25) is 0 Å². The van der Waals surface area contributed by atoms with Gasteiger partial charge in [-0.1, -0.05) is 35.3 Å². The van der Waals surface area contributed by atoms with Gasteiger partial charge in [-0.25, -0.2) is 9.79 Å². The second-order valence-corrected chi connectivity index (χ2v) is 9.95. The lowest BCUT2D eigenvalue weighted by atomic mass is 9.87. The highest BCUT2D eigenvalue weighted by Crippen LogP contribution is 2.35. The number of nitrogens with one attached hydrogen (secondary N) is 1. The molecule has 39 heavy (non-hydrogen) atoms. The second kappa shape index (κ2) is 12.9. The first-order chi connectivity index (χ1) is 18.7. The highest BCUT2D eigenvalue weighted by molar-refractivity contribution is 6.30. The van der Waals surface area contributed by atoms with Gasteiger partial charge in [0, 0.05) is 27.9 Å². The van der Waals surface area contributed by atoms with Crippen molar-refractivity contribution in [1.29, 1.82) is 0 Å². The summed E-state index contributed by atoms with van der Waals surface area (Å²) in [5, 5.41) is 14.0. The number of carboxylic acids is 1. The summed E-state index contributed by atoms with van der Waals surface area (Å²) in [6, 6.07) is 19.4. The zero-order valence-corrected chi connectivity index (χ0v) is 22.7. The first-order valence-corrected chi connectivity index (χ1v) is 13.1. The van der Waals surface area contributed by atoms with Crippen LogP contribution in [-0.4, -0.2) is 53.1 Å². The molecule has 0 aromatic heterocycles. The molecule has 202 valence electrons. The summed E-state index contributed by atoms with van der Waals surface area (Å²) >= 11 is 12.0. The van der Waals surface area contributed by atoms with Crippen molar-refractivity contribution in [3.05, 3.63) is 94.0 Å². The maximum Gasteiger partial charge on any atom is 0.344 e. The number of hydrogen-bond donors (Lipinski definition) is 2. The molecule has 0 radical (unpaired) electrons. The lowest BCUT2D eigenvalue weighted by Crippen LogP contribution is -2.47. The average Bonchev–Trinajstić information content (AvgIpc) is 2.90. The molecule has 0 spiro atoms. The summed E-state index contributed by atoms with van der Waals surface area (Å²) in [5.74, 6) is -0.903. The lowest BCUT2D eigenvalue weighted by molar-refractivity contribution is -0.141. The van der Waals surface area contributed by atoms with Crippen LogP contribution in [0.1, 0.15) is 35.3 Å². The number of carbonyl (C=O) groups excluding carboxylic acids is 2. The summed E-state index contributed by atoms with van der Waals surface area (Å²) in [7, 11) is 0. The van der Waals surface area contributed by atoms with Gasteiger partial charge in [0.1, 0.15) is 17.4 Å². The van der Waals surface area contributed by atoms with E-state index in [1.54, 1.807) is 79.7 Å². The monoisotopic (exact) mass is 567 g/mol. The van der Waals surface area contributed by atoms with E-state index in [2.05, 4.69) is 10.3 Å². The van der Waals surface area contributed by atoms with Gasteiger partial charge in [-0.15, -0.1) is 0 Å². The van der Waals surface area contributed by atoms with Crippen LogP contribution in [0.4, 0.5) is 4.79 Å². The summed E-state index contributed by atoms with van der Waals surface area (Å²) in [6.07, 6.45) is 0.491. The Morgan fingerprint density at radius 2 is 1.67 bits per heavy atom. The number of urea groups is 1. The van der Waals surface area contributed by atoms with Crippen molar-refractivity contribution >= 4 is 46.7 Å². The Morgan fingerprint density at radius 3 is 2.31 bits per heavy atom. The smallest absolute Gasteiger partial charge is 0.344 e. The quantitative estimate of drug-likeness (QED) is 0.208. The van der Waals surface area contributed by atoms with E-state index < -0.39 is 24.0 Å². The first-order valence-electron chi connectivity index (χ1n) is 12.3. The van der Waals surface area contributed by atoms with E-state index >= 15 is 0 Å². The number of hydrogen-bond acceptors (Lipinski definition) is 5. The molecule has 2 amide bonds. The number of ketones is 1. The molecule has 3 aromatic carbocycles. The molecule has 0 fully saturated rings. The van der Waals surface area contributed by atoms with Crippen LogP contribution in [0.5, 0.6) is 11.5 Å². The Hall–Kier alpha value is -3.72. The van der Waals surface area contributed by atoms with Crippen LogP contribution in [0.25, 0.3) is 0 Å². The molecule has 3 aromatic rings. The number of benzene rings is 3. The molecule has 1 heterocycles. The van der Waals surface area contributed by atoms with Crippen molar-refractivity contribution in [2.24, 2.45) is 10.9 Å². The maximum atomic E-state index is 12.8. The molecule has 2 atom stereocenters. The number of amides is 2. The SMILES string of the molecule is CC1=NC(=O)N(CCCNCC(=O)c2ccc(Oc3ccc(Cl)cc3)cc2)C(c2cccc(Cl)c2)C1C(=O)O. The van der Waals surface area contributed by atoms with Gasteiger partial charge in [-0.3, -0.25) is 9.59 Å². The van der Waals surface area contributed by atoms with Gasteiger partial charge >= 0.3 is 12.0 Å². The first kappa shape index (κ1) is 28.3. The molecular formula is C29H27Cl2N3O5. The van der Waals surface area contributed by atoms with E-state index in [0.29, 0.717) is 45.6 Å². The Morgan fingerprint density at radius 1 is 1.00 bits per heavy atom. The van der Waals surface area contributed by atoms with Crippen molar-refractivity contribution in [3.63, 3.8) is 0 Å². The van der Waals surface area contributed by atoms with Crippen LogP contribution in [0, 0.1) is 5.92 Å². The molecule has 10 heteroatoms. The second-order valence-electron chi connectivity index (χ2n) is 9.08. The predicted molar refractivity (Wildman–Crippen MR) is 150 cm³/mol. The number of nitrogens with zero attached hydrogens (tertiary/aromatic N) is 2. The maximum absolute atomic E-state index is 12.8. The van der Waals surface area contributed by atoms with Crippen LogP contribution >= 0.6 is 23.2 Å². The Bertz CT molecular complexity index is 1380. The number of ether oxygens (including phenoxy) is 1. The van der Waals surface area contributed by atoms with Gasteiger partial charge in [-0.2, -0.15) is 0 Å². The van der Waals surface area contributed by atoms with E-state index in [-0.39, 0.29) is 24.6 Å². The largest absolute Gasteiger partial charge is 0.481 e. The van der Waals surface area contributed by atoms with Gasteiger partial charge in [0.05, 0.1) is 12.6 Å². The van der Waals surface area contributed by atoms with E-state index in [9.17, 15) is 19.5 Å². The van der Waals surface area contributed by atoms with E-state index in [1.807, 2.05) is 0 Å². The Kier molecular flexibility index (Phi) is 9.35. The third-order valence-corrected chi connectivity index (χ3v) is 6.83. The van der Waals surface area contributed by atoms with Gasteiger partial charge < -0.3 is 20.1 Å². The lowest BCUT2D eigenvalue weighted by Gasteiger charge is -2.38. The molecule has 1 aliphatic heterocycles. The van der Waals surface area contributed by atoms with Gasteiger partial charge in [0.25, 0.3) is 0 Å². The fourth-order valence-electron chi connectivity index (χ4n) is 4.45. The minimum absolute atomic E-state index is 0.0925. The third kappa shape index (κ3) is 7.23. The van der Waals surface area contributed by atoms with Crippen LogP contribution in [0.3, 0.4) is 0 Å². The molecule has 2 N–H and O–H groups in total. The standard InChI is InChI=1S/C29H27Cl2N3O5/c1-18-26(28(36)37)27(20-4-2-5-22(31)16-20)34(29(38)33-18)15-3-14-32-17-25(35)19-6-10-23(11-7-19)39-24-12-8-21(30)9-13-24/h2,4-13,16,26-27,32H,3,14-15,17H2,1H3,(H,36,37). The highest BCUT2D eigenvalue weighted by Gasteiger charge is 2.42. The number of aliphatic imine (C=N–C) groups is 1. The number of carboxylic acid groups (broad SMARTS) is 1. The number of halogens is 2. The topological polar surface area (TPSA) is 108 Å². The number of aliphatic carboxylic acids is 1. The van der Waals surface area contributed by atoms with E-state index in [4.69, 9.17) is 27.9 Å². The van der Waals surface area contributed by atoms with Crippen LogP contribution in [-0.2, 0) is 4.79 Å². The molecule has 0 bridgehead atoms. The van der Waals surface area contributed by atoms with Crippen molar-refractivity contribution in [2.45, 2.75) is 19.4 Å². The number of rotatable bonds is 11. The normalized spacial score (nSPS) is 17.1. The molecule has 8 nitrogen and oxygen atoms in total. The molecular weight excluding hydrogens is 541 g/mol. The van der Waals surface area contributed by atoms with Crippen molar-refractivity contribution < 1.29 is 24.2 Å². The molecule has 0 saturated carbocycles. The Balaban J connectivity index is 1.31. The van der Waals surface area contributed by atoms with Gasteiger partial charge in [-0.05, 0) is 86.1 Å². The zero-order chi connectivity index (χ0) is 27.9. The molecule has 4 rings (SSSR count). The summed E-state index contributed by atoms with van der Waals surface area (Å²) in [4.78, 5) is 42.9. The van der Waals surface area contributed by atoms with E-state index in [1.165, 1.54) is 4.90 Å². The molecule has 1 aliphatic rings.